The Balaban J connectivity index is 1.67. The minimum atomic E-state index is -4.35. The Bertz CT molecular complexity index is 899. The molecule has 0 radical (unpaired) electrons. The highest BCUT2D eigenvalue weighted by atomic mass is 19.4. The number of nitrogens with zero attached hydrogens (tertiary/aromatic N) is 3. The number of halogens is 3. The van der Waals surface area contributed by atoms with Crippen molar-refractivity contribution in [3.05, 3.63) is 46.5 Å². The van der Waals surface area contributed by atoms with Crippen molar-refractivity contribution in [2.24, 2.45) is 16.3 Å². The van der Waals surface area contributed by atoms with E-state index in [0.717, 1.165) is 0 Å². The number of hydrogen-bond donors (Lipinski definition) is 3. The van der Waals surface area contributed by atoms with Crippen LogP contribution in [0, 0.1) is 5.41 Å². The summed E-state index contributed by atoms with van der Waals surface area (Å²) in [6, 6.07) is 0. The van der Waals surface area contributed by atoms with Gasteiger partial charge in [0.2, 0.25) is 0 Å². The second-order valence-corrected chi connectivity index (χ2v) is 8.44. The van der Waals surface area contributed by atoms with Crippen LogP contribution >= 0.6 is 0 Å². The Morgan fingerprint density at radius 3 is 2.71 bits per heavy atom. The molecule has 1 unspecified atom stereocenters. The lowest BCUT2D eigenvalue weighted by atomic mass is 9.73. The molecule has 4 aliphatic rings. The van der Waals surface area contributed by atoms with Crippen LogP contribution in [0.25, 0.3) is 0 Å². The fourth-order valence-electron chi connectivity index (χ4n) is 4.35. The van der Waals surface area contributed by atoms with Crippen LogP contribution in [0.1, 0.15) is 26.7 Å². The SMILES string of the molecule is CC1=C(CC2=C(CO)NC3C(N)=CC(N4CCOCC4)=NN23)C=CC[C@]1(C)C(F)(F)F. The molecule has 4 rings (SSSR count). The van der Waals surface area contributed by atoms with E-state index in [4.69, 9.17) is 15.6 Å². The first kappa shape index (κ1) is 21.8. The van der Waals surface area contributed by atoms with E-state index in [1.165, 1.54) is 13.8 Å². The fourth-order valence-corrected chi connectivity index (χ4v) is 4.35. The molecule has 0 spiro atoms. The van der Waals surface area contributed by atoms with Crippen molar-refractivity contribution < 1.29 is 23.0 Å². The molecular formula is C21H28F3N5O2. The average molecular weight is 439 g/mol. The normalized spacial score (nSPS) is 29.2. The number of hydrazone groups is 1. The maximum absolute atomic E-state index is 13.8. The third kappa shape index (κ3) is 3.71. The maximum atomic E-state index is 13.8. The zero-order valence-electron chi connectivity index (χ0n) is 17.7. The van der Waals surface area contributed by atoms with Gasteiger partial charge in [0.05, 0.1) is 42.3 Å². The van der Waals surface area contributed by atoms with Crippen LogP contribution in [0.2, 0.25) is 0 Å². The topological polar surface area (TPSA) is 86.3 Å². The van der Waals surface area contributed by atoms with Gasteiger partial charge < -0.3 is 25.8 Å². The predicted molar refractivity (Wildman–Crippen MR) is 110 cm³/mol. The van der Waals surface area contributed by atoms with E-state index in [1.807, 2.05) is 0 Å². The molecule has 0 aromatic heterocycles. The summed E-state index contributed by atoms with van der Waals surface area (Å²) < 4.78 is 46.7. The Labute approximate surface area is 179 Å². The van der Waals surface area contributed by atoms with Gasteiger partial charge in [-0.2, -0.15) is 18.3 Å². The summed E-state index contributed by atoms with van der Waals surface area (Å²) in [5.41, 5.74) is 6.91. The van der Waals surface area contributed by atoms with Crippen LogP contribution in [-0.4, -0.2) is 66.1 Å². The summed E-state index contributed by atoms with van der Waals surface area (Å²) in [6.45, 7) is 5.02. The lowest BCUT2D eigenvalue weighted by Gasteiger charge is -2.37. The number of nitrogens with one attached hydrogen (secondary N) is 1. The molecule has 3 heterocycles. The highest BCUT2D eigenvalue weighted by molar-refractivity contribution is 5.94. The second-order valence-electron chi connectivity index (χ2n) is 8.44. The number of fused-ring (bicyclic) bond motifs is 1. The summed E-state index contributed by atoms with van der Waals surface area (Å²) in [5.74, 6) is 0.681. The Hall–Kier alpha value is -2.46. The lowest BCUT2D eigenvalue weighted by molar-refractivity contribution is -0.203. The van der Waals surface area contributed by atoms with E-state index in [9.17, 15) is 18.3 Å². The first-order chi connectivity index (χ1) is 14.7. The Morgan fingerprint density at radius 1 is 1.35 bits per heavy atom. The predicted octanol–water partition coefficient (Wildman–Crippen LogP) is 2.16. The minimum Gasteiger partial charge on any atom is -0.399 e. The van der Waals surface area contributed by atoms with Crippen LogP contribution in [-0.2, 0) is 4.74 Å². The van der Waals surface area contributed by atoms with Gasteiger partial charge in [0.1, 0.15) is 0 Å². The molecule has 0 aromatic rings. The summed E-state index contributed by atoms with van der Waals surface area (Å²) in [5, 5.41) is 19.5. The summed E-state index contributed by atoms with van der Waals surface area (Å²) in [7, 11) is 0. The third-order valence-corrected chi connectivity index (χ3v) is 6.63. The molecule has 4 N–H and O–H groups in total. The molecule has 0 aromatic carbocycles. The average Bonchev–Trinajstić information content (AvgIpc) is 3.09. The maximum Gasteiger partial charge on any atom is 0.398 e. The fraction of sp³-hybridized carbons (Fsp3) is 0.571. The van der Waals surface area contributed by atoms with Gasteiger partial charge in [0.25, 0.3) is 0 Å². The summed E-state index contributed by atoms with van der Waals surface area (Å²) in [4.78, 5) is 2.06. The molecular weight excluding hydrogens is 411 g/mol. The van der Waals surface area contributed by atoms with Gasteiger partial charge >= 0.3 is 6.18 Å². The zero-order chi connectivity index (χ0) is 22.4. The van der Waals surface area contributed by atoms with Gasteiger partial charge in [0.15, 0.2) is 12.0 Å². The molecule has 3 aliphatic heterocycles. The number of hydrogen-bond acceptors (Lipinski definition) is 7. The minimum absolute atomic E-state index is 0.0860. The number of morpholine rings is 1. The number of ether oxygens (including phenoxy) is 1. The number of allylic oxidation sites excluding steroid dienone is 4. The van der Waals surface area contributed by atoms with Crippen LogP contribution in [0.4, 0.5) is 13.2 Å². The highest BCUT2D eigenvalue weighted by Crippen LogP contribution is 2.50. The number of aliphatic hydroxyl groups is 1. The van der Waals surface area contributed by atoms with Crippen LogP contribution in [0.15, 0.2) is 51.6 Å². The summed E-state index contributed by atoms with van der Waals surface area (Å²) >= 11 is 0. The second kappa shape index (κ2) is 7.90. The largest absolute Gasteiger partial charge is 0.399 e. The first-order valence-corrected chi connectivity index (χ1v) is 10.4. The van der Waals surface area contributed by atoms with Gasteiger partial charge in [-0.25, -0.2) is 5.01 Å². The molecule has 1 fully saturated rings. The number of rotatable bonds is 3. The van der Waals surface area contributed by atoms with E-state index in [0.29, 0.717) is 54.8 Å². The Kier molecular flexibility index (Phi) is 5.55. The van der Waals surface area contributed by atoms with Crippen LogP contribution < -0.4 is 11.1 Å². The molecule has 0 saturated carbocycles. The van der Waals surface area contributed by atoms with Crippen molar-refractivity contribution in [3.63, 3.8) is 0 Å². The first-order valence-electron chi connectivity index (χ1n) is 10.4. The third-order valence-electron chi connectivity index (χ3n) is 6.63. The van der Waals surface area contributed by atoms with E-state index in [-0.39, 0.29) is 25.0 Å². The lowest BCUT2D eigenvalue weighted by Crippen LogP contribution is -2.47. The molecule has 7 nitrogen and oxygen atoms in total. The standard InChI is InChI=1S/C21H28F3N5O2/c1-13-14(4-3-5-20(13,2)21(22,23)24)10-17-16(12-30)26-19-15(25)11-18(27-29(17)19)28-6-8-31-9-7-28/h3-4,11,19,26,30H,5-10,12,25H2,1-2H3/t19?,20-/m0/s1. The number of alkyl halides is 3. The number of nitrogens with two attached hydrogens (primary N) is 1. The molecule has 1 aliphatic carbocycles. The van der Waals surface area contributed by atoms with Crippen molar-refractivity contribution in [1.29, 1.82) is 0 Å². The van der Waals surface area contributed by atoms with Crippen molar-refractivity contribution in [1.82, 2.24) is 15.2 Å². The van der Waals surface area contributed by atoms with E-state index in [2.05, 4.69) is 10.2 Å². The molecule has 10 heteroatoms. The van der Waals surface area contributed by atoms with Gasteiger partial charge in [0, 0.05) is 25.6 Å². The smallest absolute Gasteiger partial charge is 0.398 e. The van der Waals surface area contributed by atoms with Crippen molar-refractivity contribution >= 4 is 5.84 Å². The molecule has 1 saturated heterocycles. The van der Waals surface area contributed by atoms with Gasteiger partial charge in [-0.1, -0.05) is 17.7 Å². The molecule has 31 heavy (non-hydrogen) atoms. The van der Waals surface area contributed by atoms with E-state index < -0.39 is 17.8 Å². The number of amidine groups is 1. The van der Waals surface area contributed by atoms with Gasteiger partial charge in [-0.05, 0) is 25.8 Å². The Morgan fingerprint density at radius 2 is 2.06 bits per heavy atom. The quantitative estimate of drug-likeness (QED) is 0.625. The molecule has 0 amide bonds. The van der Waals surface area contributed by atoms with Crippen LogP contribution in [0.3, 0.4) is 0 Å². The summed E-state index contributed by atoms with van der Waals surface area (Å²) in [6.07, 6.45) is 0.415. The van der Waals surface area contributed by atoms with E-state index in [1.54, 1.807) is 23.2 Å². The van der Waals surface area contributed by atoms with Crippen LogP contribution in [0.5, 0.6) is 0 Å². The molecule has 170 valence electrons. The van der Waals surface area contributed by atoms with Gasteiger partial charge in [-0.15, -0.1) is 0 Å². The zero-order valence-corrected chi connectivity index (χ0v) is 17.7. The highest BCUT2D eigenvalue weighted by Gasteiger charge is 2.52. The van der Waals surface area contributed by atoms with E-state index >= 15 is 0 Å². The molecule has 0 bridgehead atoms. The monoisotopic (exact) mass is 439 g/mol. The number of aliphatic hydroxyl groups excluding tert-OH is 1. The van der Waals surface area contributed by atoms with Crippen molar-refractivity contribution in [3.8, 4) is 0 Å². The van der Waals surface area contributed by atoms with Crippen molar-refractivity contribution in [2.45, 2.75) is 39.0 Å². The molecule has 2 atom stereocenters. The van der Waals surface area contributed by atoms with Crippen molar-refractivity contribution in [2.75, 3.05) is 32.9 Å². The van der Waals surface area contributed by atoms with Gasteiger partial charge in [-0.3, -0.25) is 0 Å².